The smallest absolute Gasteiger partial charge is 0.136 e. The summed E-state index contributed by atoms with van der Waals surface area (Å²) in [4.78, 5) is 0. The maximum atomic E-state index is 7.97. The molecule has 228 valence electrons. The SMILES string of the molecule is [2H]c1ccc2cc(-c3ccc(-c4c5ccccc5c(-c5cccc6oc7cc(-c8ccccc8)ccc7c56)c5ccccc45)cc3)ccc2c1. The third kappa shape index (κ3) is 4.47. The summed E-state index contributed by atoms with van der Waals surface area (Å²) in [7, 11) is 0. The lowest BCUT2D eigenvalue weighted by atomic mass is 9.84. The number of hydrogen-bond acceptors (Lipinski definition) is 1. The minimum atomic E-state index is 0.535. The van der Waals surface area contributed by atoms with Gasteiger partial charge in [-0.25, -0.2) is 0 Å². The highest BCUT2D eigenvalue weighted by Gasteiger charge is 2.20. The minimum Gasteiger partial charge on any atom is -0.456 e. The van der Waals surface area contributed by atoms with E-state index in [1.807, 2.05) is 24.3 Å². The summed E-state index contributed by atoms with van der Waals surface area (Å²) in [6.45, 7) is 0. The highest BCUT2D eigenvalue weighted by molar-refractivity contribution is 6.25. The maximum absolute atomic E-state index is 7.97. The molecule has 0 fully saturated rings. The molecule has 1 heterocycles. The quantitative estimate of drug-likeness (QED) is 0.178. The fourth-order valence-electron chi connectivity index (χ4n) is 7.71. The van der Waals surface area contributed by atoms with Gasteiger partial charge in [-0.15, -0.1) is 0 Å². The Morgan fingerprint density at radius 3 is 1.71 bits per heavy atom. The maximum Gasteiger partial charge on any atom is 0.136 e. The van der Waals surface area contributed by atoms with E-state index < -0.39 is 0 Å². The Kier molecular flexibility index (Phi) is 6.02. The predicted molar refractivity (Wildman–Crippen MR) is 208 cm³/mol. The Balaban J connectivity index is 1.16. The zero-order valence-corrected chi connectivity index (χ0v) is 26.7. The van der Waals surface area contributed by atoms with Crippen LogP contribution in [-0.2, 0) is 0 Å². The molecule has 10 aromatic rings. The molecular weight excluding hydrogens is 593 g/mol. The van der Waals surface area contributed by atoms with E-state index in [0.717, 1.165) is 38.3 Å². The topological polar surface area (TPSA) is 13.1 Å². The molecule has 49 heavy (non-hydrogen) atoms. The van der Waals surface area contributed by atoms with Crippen LogP contribution in [0.3, 0.4) is 0 Å². The fraction of sp³-hybridized carbons (Fsp3) is 0. The third-order valence-electron chi connectivity index (χ3n) is 10.00. The van der Waals surface area contributed by atoms with Gasteiger partial charge in [-0.05, 0) is 101 Å². The molecular formula is C48H30O. The van der Waals surface area contributed by atoms with Gasteiger partial charge < -0.3 is 4.42 Å². The van der Waals surface area contributed by atoms with Gasteiger partial charge in [0.05, 0.1) is 1.37 Å². The summed E-state index contributed by atoms with van der Waals surface area (Å²) in [5, 5.41) is 9.39. The van der Waals surface area contributed by atoms with Crippen molar-refractivity contribution in [2.45, 2.75) is 0 Å². The molecule has 0 aliphatic carbocycles. The van der Waals surface area contributed by atoms with Crippen molar-refractivity contribution in [2.24, 2.45) is 0 Å². The van der Waals surface area contributed by atoms with E-state index in [-0.39, 0.29) is 0 Å². The van der Waals surface area contributed by atoms with E-state index in [4.69, 9.17) is 5.79 Å². The van der Waals surface area contributed by atoms with Crippen LogP contribution in [0.4, 0.5) is 0 Å². The van der Waals surface area contributed by atoms with Crippen LogP contribution in [0.2, 0.25) is 0 Å². The van der Waals surface area contributed by atoms with Gasteiger partial charge in [0.1, 0.15) is 11.2 Å². The van der Waals surface area contributed by atoms with Gasteiger partial charge >= 0.3 is 0 Å². The van der Waals surface area contributed by atoms with Gasteiger partial charge in [0.25, 0.3) is 0 Å². The Morgan fingerprint density at radius 2 is 0.959 bits per heavy atom. The molecule has 1 heteroatoms. The summed E-state index contributed by atoms with van der Waals surface area (Å²) < 4.78 is 14.5. The molecule has 0 aliphatic rings. The first-order chi connectivity index (χ1) is 24.7. The molecule has 0 aliphatic heterocycles. The normalized spacial score (nSPS) is 12.0. The lowest BCUT2D eigenvalue weighted by Gasteiger charge is -2.18. The fourth-order valence-corrected chi connectivity index (χ4v) is 7.71. The van der Waals surface area contributed by atoms with Gasteiger partial charge in [0, 0.05) is 10.8 Å². The average molecular weight is 624 g/mol. The van der Waals surface area contributed by atoms with Crippen LogP contribution >= 0.6 is 0 Å². The summed E-state index contributed by atoms with van der Waals surface area (Å²) in [6.07, 6.45) is 0. The molecule has 10 rings (SSSR count). The van der Waals surface area contributed by atoms with Crippen LogP contribution in [0.5, 0.6) is 0 Å². The molecule has 9 aromatic carbocycles. The largest absolute Gasteiger partial charge is 0.456 e. The van der Waals surface area contributed by atoms with Crippen molar-refractivity contribution >= 4 is 54.3 Å². The monoisotopic (exact) mass is 623 g/mol. The second-order valence-electron chi connectivity index (χ2n) is 12.8. The van der Waals surface area contributed by atoms with E-state index in [2.05, 4.69) is 152 Å². The van der Waals surface area contributed by atoms with Crippen LogP contribution in [0.15, 0.2) is 186 Å². The molecule has 0 bridgehead atoms. The number of benzene rings is 9. The highest BCUT2D eigenvalue weighted by atomic mass is 16.3. The van der Waals surface area contributed by atoms with Crippen molar-refractivity contribution in [3.05, 3.63) is 182 Å². The Hall–Kier alpha value is -6.44. The second-order valence-corrected chi connectivity index (χ2v) is 12.8. The van der Waals surface area contributed by atoms with Crippen LogP contribution < -0.4 is 0 Å². The number of furan rings is 1. The van der Waals surface area contributed by atoms with Crippen molar-refractivity contribution in [1.29, 1.82) is 0 Å². The Bertz CT molecular complexity index is 2860. The number of fused-ring (bicyclic) bond motifs is 6. The molecule has 0 spiro atoms. The molecule has 0 unspecified atom stereocenters. The Labute approximate surface area is 285 Å². The zero-order valence-electron chi connectivity index (χ0n) is 27.7. The zero-order chi connectivity index (χ0) is 33.2. The lowest BCUT2D eigenvalue weighted by Crippen LogP contribution is -1.91. The van der Waals surface area contributed by atoms with E-state index >= 15 is 0 Å². The van der Waals surface area contributed by atoms with Crippen LogP contribution in [0.1, 0.15) is 1.37 Å². The van der Waals surface area contributed by atoms with Crippen molar-refractivity contribution in [3.8, 4) is 44.5 Å². The van der Waals surface area contributed by atoms with E-state index in [1.54, 1.807) is 0 Å². The molecule has 1 aromatic heterocycles. The number of rotatable bonds is 4. The number of hydrogen-bond donors (Lipinski definition) is 0. The first-order valence-electron chi connectivity index (χ1n) is 17.3. The molecule has 0 N–H and O–H groups in total. The summed E-state index contributed by atoms with van der Waals surface area (Å²) in [5.41, 5.74) is 11.3. The van der Waals surface area contributed by atoms with Crippen molar-refractivity contribution in [2.75, 3.05) is 0 Å². The second kappa shape index (κ2) is 11.1. The van der Waals surface area contributed by atoms with Crippen LogP contribution in [-0.4, -0.2) is 0 Å². The van der Waals surface area contributed by atoms with Gasteiger partial charge in [-0.3, -0.25) is 0 Å². The lowest BCUT2D eigenvalue weighted by molar-refractivity contribution is 0.669. The van der Waals surface area contributed by atoms with Gasteiger partial charge in [0.15, 0.2) is 0 Å². The molecule has 0 saturated carbocycles. The highest BCUT2D eigenvalue weighted by Crippen LogP contribution is 2.47. The summed E-state index contributed by atoms with van der Waals surface area (Å²) >= 11 is 0. The molecule has 0 amide bonds. The van der Waals surface area contributed by atoms with E-state index in [9.17, 15) is 0 Å². The van der Waals surface area contributed by atoms with Crippen LogP contribution in [0, 0.1) is 0 Å². The first kappa shape index (κ1) is 26.6. The minimum absolute atomic E-state index is 0.535. The molecule has 0 saturated heterocycles. The van der Waals surface area contributed by atoms with Crippen molar-refractivity contribution < 1.29 is 5.79 Å². The summed E-state index contributed by atoms with van der Waals surface area (Å²) in [5.74, 6) is 0. The average Bonchev–Trinajstić information content (AvgIpc) is 3.55. The molecule has 0 radical (unpaired) electrons. The summed E-state index contributed by atoms with van der Waals surface area (Å²) in [6, 6.07) is 63.0. The van der Waals surface area contributed by atoms with Gasteiger partial charge in [0.2, 0.25) is 0 Å². The molecule has 1 nitrogen and oxygen atoms in total. The van der Waals surface area contributed by atoms with Crippen LogP contribution in [0.25, 0.3) is 98.8 Å². The first-order valence-corrected chi connectivity index (χ1v) is 16.8. The van der Waals surface area contributed by atoms with E-state index in [1.165, 1.54) is 60.5 Å². The third-order valence-corrected chi connectivity index (χ3v) is 10.00. The van der Waals surface area contributed by atoms with Gasteiger partial charge in [-0.1, -0.05) is 158 Å². The van der Waals surface area contributed by atoms with Crippen molar-refractivity contribution in [1.82, 2.24) is 0 Å². The van der Waals surface area contributed by atoms with Crippen molar-refractivity contribution in [3.63, 3.8) is 0 Å². The van der Waals surface area contributed by atoms with E-state index in [0.29, 0.717) is 6.04 Å². The van der Waals surface area contributed by atoms with Gasteiger partial charge in [-0.2, -0.15) is 0 Å². The predicted octanol–water partition coefficient (Wildman–Crippen LogP) is 13.7. The standard InChI is InChI=1S/C48H30O/c1-2-11-31(12-3-1)37-27-28-42-45(30-37)49-44-20-10-19-43(48(42)44)47-40-17-8-6-15-38(40)46(39-16-7-9-18-41(39)47)34-24-21-33(22-25-34)36-26-23-32-13-4-5-14-35(32)29-36/h1-30H/i4D. The molecule has 0 atom stereocenters. The Morgan fingerprint density at radius 1 is 0.347 bits per heavy atom.